The van der Waals surface area contributed by atoms with E-state index in [1.54, 1.807) is 12.1 Å². The number of aromatic nitrogens is 1. The number of pyridine rings is 1. The van der Waals surface area contributed by atoms with Gasteiger partial charge in [0.2, 0.25) is 5.88 Å². The average molecular weight is 307 g/mol. The normalized spacial score (nSPS) is 10.0. The van der Waals surface area contributed by atoms with Crippen molar-refractivity contribution in [1.29, 1.82) is 0 Å². The fourth-order valence-corrected chi connectivity index (χ4v) is 2.02. The van der Waals surface area contributed by atoms with Crippen molar-refractivity contribution in [3.8, 4) is 5.88 Å². The van der Waals surface area contributed by atoms with Crippen LogP contribution in [0.15, 0.2) is 36.5 Å². The molecule has 0 saturated heterocycles. The van der Waals surface area contributed by atoms with Crippen LogP contribution in [0.1, 0.15) is 20.7 Å². The molecule has 0 unspecified atom stereocenters. The predicted octanol–water partition coefficient (Wildman–Crippen LogP) is 2.69. The highest BCUT2D eigenvalue weighted by atomic mass is 35.5. The Morgan fingerprint density at radius 2 is 2.05 bits per heavy atom. The maximum atomic E-state index is 12.2. The summed E-state index contributed by atoms with van der Waals surface area (Å²) in [6.07, 6.45) is 1.48. The molecule has 7 heteroatoms. The number of halogens is 1. The molecule has 21 heavy (non-hydrogen) atoms. The van der Waals surface area contributed by atoms with E-state index in [0.29, 0.717) is 0 Å². The number of carbonyl (C=O) groups excluding carboxylic acids is 1. The van der Waals surface area contributed by atoms with E-state index in [4.69, 9.17) is 21.4 Å². The van der Waals surface area contributed by atoms with Crippen molar-refractivity contribution < 1.29 is 19.4 Å². The maximum Gasteiger partial charge on any atom is 0.339 e. The molecule has 1 aromatic carbocycles. The summed E-state index contributed by atoms with van der Waals surface area (Å²) in [6, 6.07) is 7.53. The van der Waals surface area contributed by atoms with Gasteiger partial charge in [-0.25, -0.2) is 9.78 Å². The highest BCUT2D eigenvalue weighted by Crippen LogP contribution is 2.25. The van der Waals surface area contributed by atoms with E-state index in [2.05, 4.69) is 10.3 Å². The third kappa shape index (κ3) is 3.11. The number of methoxy groups -OCH3 is 1. The van der Waals surface area contributed by atoms with Crippen molar-refractivity contribution in [2.75, 3.05) is 12.4 Å². The van der Waals surface area contributed by atoms with Crippen molar-refractivity contribution in [2.45, 2.75) is 0 Å². The molecule has 0 fully saturated rings. The summed E-state index contributed by atoms with van der Waals surface area (Å²) in [6.45, 7) is 0. The minimum absolute atomic E-state index is 0.0402. The molecule has 2 aromatic rings. The zero-order valence-corrected chi connectivity index (χ0v) is 11.7. The van der Waals surface area contributed by atoms with E-state index in [-0.39, 0.29) is 27.7 Å². The van der Waals surface area contributed by atoms with Gasteiger partial charge in [-0.1, -0.05) is 17.7 Å². The highest BCUT2D eigenvalue weighted by Gasteiger charge is 2.18. The molecule has 1 heterocycles. The van der Waals surface area contributed by atoms with Gasteiger partial charge < -0.3 is 15.2 Å². The number of nitrogens with one attached hydrogen (secondary N) is 1. The first-order chi connectivity index (χ1) is 10.0. The molecule has 0 aliphatic heterocycles. The summed E-state index contributed by atoms with van der Waals surface area (Å²) < 4.78 is 4.99. The summed E-state index contributed by atoms with van der Waals surface area (Å²) in [5.74, 6) is -1.62. The molecule has 2 rings (SSSR count). The van der Waals surface area contributed by atoms with Crippen LogP contribution in [0.2, 0.25) is 5.02 Å². The van der Waals surface area contributed by atoms with Crippen LogP contribution in [0.25, 0.3) is 0 Å². The first-order valence-corrected chi connectivity index (χ1v) is 6.24. The van der Waals surface area contributed by atoms with Crippen molar-refractivity contribution >= 4 is 29.2 Å². The molecule has 108 valence electrons. The molecule has 1 amide bonds. The molecule has 0 saturated carbocycles. The SMILES string of the molecule is COc1ncccc1C(=O)Nc1cccc(Cl)c1C(=O)O. The first kappa shape index (κ1) is 14.8. The summed E-state index contributed by atoms with van der Waals surface area (Å²) in [5.41, 5.74) is 0.123. The van der Waals surface area contributed by atoms with Gasteiger partial charge in [0, 0.05) is 6.20 Å². The zero-order chi connectivity index (χ0) is 15.4. The Bertz CT molecular complexity index is 703. The molecule has 1 aromatic heterocycles. The molecular weight excluding hydrogens is 296 g/mol. The van der Waals surface area contributed by atoms with Gasteiger partial charge in [-0.3, -0.25) is 4.79 Å². The molecule has 0 aliphatic carbocycles. The summed E-state index contributed by atoms with van der Waals surface area (Å²) in [5, 5.41) is 11.7. The predicted molar refractivity (Wildman–Crippen MR) is 77.2 cm³/mol. The van der Waals surface area contributed by atoms with Gasteiger partial charge in [0.25, 0.3) is 5.91 Å². The van der Waals surface area contributed by atoms with Crippen molar-refractivity contribution in [3.63, 3.8) is 0 Å². The van der Waals surface area contributed by atoms with Gasteiger partial charge in [0.1, 0.15) is 11.1 Å². The summed E-state index contributed by atoms with van der Waals surface area (Å²) >= 11 is 5.84. The van der Waals surface area contributed by atoms with Gasteiger partial charge in [-0.05, 0) is 24.3 Å². The minimum Gasteiger partial charge on any atom is -0.480 e. The molecule has 6 nitrogen and oxygen atoms in total. The van der Waals surface area contributed by atoms with Crippen LogP contribution in [0.5, 0.6) is 5.88 Å². The molecule has 0 radical (unpaired) electrons. The second-order valence-corrected chi connectivity index (χ2v) is 4.39. The Balaban J connectivity index is 2.37. The molecular formula is C14H11ClN2O4. The van der Waals surface area contributed by atoms with Crippen molar-refractivity contribution in [3.05, 3.63) is 52.7 Å². The average Bonchev–Trinajstić information content (AvgIpc) is 2.46. The Labute approximate surface area is 125 Å². The van der Waals surface area contributed by atoms with Gasteiger partial charge in [-0.2, -0.15) is 0 Å². The quantitative estimate of drug-likeness (QED) is 0.906. The maximum absolute atomic E-state index is 12.2. The lowest BCUT2D eigenvalue weighted by molar-refractivity contribution is 0.0698. The lowest BCUT2D eigenvalue weighted by atomic mass is 10.1. The third-order valence-corrected chi connectivity index (χ3v) is 3.00. The summed E-state index contributed by atoms with van der Waals surface area (Å²) in [4.78, 5) is 27.3. The van der Waals surface area contributed by atoms with E-state index >= 15 is 0 Å². The molecule has 0 bridgehead atoms. The van der Waals surface area contributed by atoms with Crippen LogP contribution in [-0.2, 0) is 0 Å². The van der Waals surface area contributed by atoms with E-state index in [9.17, 15) is 9.59 Å². The molecule has 0 atom stereocenters. The number of rotatable bonds is 4. The van der Waals surface area contributed by atoms with E-state index < -0.39 is 11.9 Å². The lowest BCUT2D eigenvalue weighted by Crippen LogP contribution is -2.16. The van der Waals surface area contributed by atoms with Crippen molar-refractivity contribution in [2.24, 2.45) is 0 Å². The van der Waals surface area contributed by atoms with E-state index in [1.165, 1.54) is 31.5 Å². The second kappa shape index (κ2) is 6.23. The van der Waals surface area contributed by atoms with Gasteiger partial charge in [0.05, 0.1) is 17.8 Å². The standard InChI is InChI=1S/C14H11ClN2O4/c1-21-13-8(4-3-7-16-13)12(18)17-10-6-2-5-9(15)11(10)14(19)20/h2-7H,1H3,(H,17,18)(H,19,20). The van der Waals surface area contributed by atoms with Gasteiger partial charge >= 0.3 is 5.97 Å². The lowest BCUT2D eigenvalue weighted by Gasteiger charge is -2.11. The smallest absolute Gasteiger partial charge is 0.339 e. The van der Waals surface area contributed by atoms with Gasteiger partial charge in [-0.15, -0.1) is 0 Å². The largest absolute Gasteiger partial charge is 0.480 e. The molecule has 0 spiro atoms. The summed E-state index contributed by atoms with van der Waals surface area (Å²) in [7, 11) is 1.39. The number of carboxylic acid groups (broad SMARTS) is 1. The number of benzene rings is 1. The first-order valence-electron chi connectivity index (χ1n) is 5.86. The number of carboxylic acids is 1. The van der Waals surface area contributed by atoms with Crippen LogP contribution in [0.3, 0.4) is 0 Å². The monoisotopic (exact) mass is 306 g/mol. The Morgan fingerprint density at radius 3 is 2.71 bits per heavy atom. The fraction of sp³-hybridized carbons (Fsp3) is 0.0714. The third-order valence-electron chi connectivity index (χ3n) is 2.68. The Morgan fingerprint density at radius 1 is 1.29 bits per heavy atom. The number of aromatic carboxylic acids is 1. The molecule has 0 aliphatic rings. The topological polar surface area (TPSA) is 88.5 Å². The van der Waals surface area contributed by atoms with E-state index in [1.807, 2.05) is 0 Å². The zero-order valence-electron chi connectivity index (χ0n) is 11.0. The van der Waals surface area contributed by atoms with Crippen LogP contribution in [0, 0.1) is 0 Å². The number of hydrogen-bond donors (Lipinski definition) is 2. The number of hydrogen-bond acceptors (Lipinski definition) is 4. The fourth-order valence-electron chi connectivity index (χ4n) is 1.76. The minimum atomic E-state index is -1.23. The highest BCUT2D eigenvalue weighted by molar-refractivity contribution is 6.34. The number of anilines is 1. The number of ether oxygens (including phenoxy) is 1. The number of amides is 1. The molecule has 2 N–H and O–H groups in total. The van der Waals surface area contributed by atoms with Crippen LogP contribution in [0.4, 0.5) is 5.69 Å². The number of nitrogens with zero attached hydrogens (tertiary/aromatic N) is 1. The number of carbonyl (C=O) groups is 2. The van der Waals surface area contributed by atoms with E-state index in [0.717, 1.165) is 0 Å². The van der Waals surface area contributed by atoms with Crippen LogP contribution < -0.4 is 10.1 Å². The second-order valence-electron chi connectivity index (χ2n) is 3.98. The van der Waals surface area contributed by atoms with Gasteiger partial charge in [0.15, 0.2) is 0 Å². The van der Waals surface area contributed by atoms with Crippen molar-refractivity contribution in [1.82, 2.24) is 4.98 Å². The Kier molecular flexibility index (Phi) is 4.39. The van der Waals surface area contributed by atoms with Crippen LogP contribution in [-0.4, -0.2) is 29.1 Å². The van der Waals surface area contributed by atoms with Crippen LogP contribution >= 0.6 is 11.6 Å². The Hall–Kier alpha value is -2.60.